The van der Waals surface area contributed by atoms with Gasteiger partial charge < -0.3 is 87.0 Å². The van der Waals surface area contributed by atoms with Crippen LogP contribution in [-0.2, 0) is 4.74 Å². The number of carbonyl (C=O) groups is 5. The number of ether oxygens (including phenoxy) is 1. The fraction of sp³-hybridized carbons (Fsp3) is 0.312. The first-order chi connectivity index (χ1) is 58.1. The predicted octanol–water partition coefficient (Wildman–Crippen LogP) is 8.61. The van der Waals surface area contributed by atoms with Crippen LogP contribution in [0.3, 0.4) is 0 Å². The Bertz CT molecular complexity index is 5370. The monoisotopic (exact) mass is 1720 g/mol. The largest absolute Gasteiger partial charge is 0.444 e. The lowest BCUT2D eigenvalue weighted by atomic mass is 9.81. The predicted molar refractivity (Wildman–Crippen MR) is 464 cm³/mol. The summed E-state index contributed by atoms with van der Waals surface area (Å²) in [4.78, 5) is 95.6. The van der Waals surface area contributed by atoms with E-state index in [0.29, 0.717) is 46.3 Å². The van der Waals surface area contributed by atoms with Crippen LogP contribution in [0.5, 0.6) is 0 Å². The number of alkyl carbamates (subject to hydrolysis) is 1. The van der Waals surface area contributed by atoms with Crippen molar-refractivity contribution in [3.8, 4) is 22.7 Å². The lowest BCUT2D eigenvalue weighted by Crippen LogP contribution is -2.51. The van der Waals surface area contributed by atoms with E-state index in [4.69, 9.17) is 79.7 Å². The standard InChI is InChI=1S/C20H26BN9O2.C19H23N9O.C13H10ClN7O.C11H22N2O2.C8H8N4.C5H3Cl2N3O.CH4/c1-21(32)29-17-8-3-2-7-16(17)27-20-23-12-15(18(22)31)19(28-20)26-13-5-4-6-14(11-13)30-24-9-10-25-30;20-15-6-1-2-7-16(15)26-19-22-11-14(17(21)29)18(27-19)25-12-4-3-5-13(10-12)28-23-8-9-24-28;14-13-16-7-10(11(15)22)12(20-13)19-8-2-1-3-9(6-8)21-17-4-5-18-21;1-11(2,3)15-10(14)13-9-7-5-4-6-8(9)12;9-7-2-1-3-8(6-7)12-10-4-5-11-12;6-3-2(4(8)11)1-9-5(7)10-3;/h4-6,9-12,16-17,29,32H,2-3,7-8H2,1H3,(H2,22,31)(H2,23,26,27,28);3-5,8-11,15-16H,1-2,6-7,20H2,(H2,21,29)(H2,22,25,26,27);1-7H,(H2,15,22)(H,16,19,20);8-9H,4-7,12H2,1-3H3,(H,13,14);1-6H,9H2;1H,(H2,8,11);1H4/t16-,17+;15-,16+;;8-,9+;;;/m10.0.../s1. The molecule has 3 aliphatic carbocycles. The number of hydrogen-bond donors (Lipinski definition) is 15. The summed E-state index contributed by atoms with van der Waals surface area (Å²) in [5, 5.41) is 64.3. The molecule has 640 valence electrons. The zero-order valence-corrected chi connectivity index (χ0v) is 68.5. The minimum atomic E-state index is -0.674. The smallest absolute Gasteiger partial charge is 0.407 e. The zero-order valence-electron chi connectivity index (χ0n) is 66.2. The fourth-order valence-electron chi connectivity index (χ4n) is 12.5. The molecule has 5 amide bonds. The first-order valence-electron chi connectivity index (χ1n) is 38.1. The molecule has 0 saturated heterocycles. The molecule has 8 aromatic heterocycles. The molecule has 45 heteroatoms. The first kappa shape index (κ1) is 92.4. The van der Waals surface area contributed by atoms with E-state index in [-0.39, 0.29) is 93.6 Å². The van der Waals surface area contributed by atoms with Gasteiger partial charge in [-0.2, -0.15) is 74.9 Å². The Morgan fingerprint density at radius 2 is 0.787 bits per heavy atom. The van der Waals surface area contributed by atoms with Crippen molar-refractivity contribution in [1.82, 2.24) is 110 Å². The molecule has 15 rings (SSSR count). The van der Waals surface area contributed by atoms with E-state index in [1.165, 1.54) is 44.0 Å². The van der Waals surface area contributed by atoms with Crippen molar-refractivity contribution in [3.05, 3.63) is 209 Å². The van der Waals surface area contributed by atoms with Crippen LogP contribution in [0.4, 0.5) is 56.9 Å². The summed E-state index contributed by atoms with van der Waals surface area (Å²) in [6, 6.07) is 29.9. The molecule has 0 radical (unpaired) electrons. The number of rotatable bonds is 21. The van der Waals surface area contributed by atoms with Crippen molar-refractivity contribution in [2.45, 2.75) is 154 Å². The summed E-state index contributed by atoms with van der Waals surface area (Å²) >= 11 is 16.6. The van der Waals surface area contributed by atoms with E-state index in [1.54, 1.807) is 68.5 Å². The van der Waals surface area contributed by atoms with Crippen LogP contribution in [0, 0.1) is 0 Å². The molecular formula is C77H96BCl3N34O7. The van der Waals surface area contributed by atoms with Gasteiger partial charge in [0.05, 0.1) is 77.9 Å². The van der Waals surface area contributed by atoms with Crippen LogP contribution in [0.25, 0.3) is 22.7 Å². The summed E-state index contributed by atoms with van der Waals surface area (Å²) < 4.78 is 5.18. The second kappa shape index (κ2) is 45.0. The Balaban J connectivity index is 0.000000173. The maximum Gasteiger partial charge on any atom is 0.407 e. The number of benzene rings is 4. The van der Waals surface area contributed by atoms with Gasteiger partial charge in [0.25, 0.3) is 23.6 Å². The second-order valence-corrected chi connectivity index (χ2v) is 29.4. The maximum absolute atomic E-state index is 12.0. The van der Waals surface area contributed by atoms with Crippen LogP contribution in [0.15, 0.2) is 171 Å². The summed E-state index contributed by atoms with van der Waals surface area (Å²) in [6.45, 7) is 7.27. The van der Waals surface area contributed by atoms with E-state index in [9.17, 15) is 29.0 Å². The van der Waals surface area contributed by atoms with Crippen molar-refractivity contribution < 1.29 is 33.7 Å². The van der Waals surface area contributed by atoms with Crippen LogP contribution in [0.2, 0.25) is 22.5 Å². The molecule has 3 aliphatic rings. The molecule has 4 aromatic carbocycles. The molecule has 8 heterocycles. The zero-order chi connectivity index (χ0) is 86.5. The highest BCUT2D eigenvalue weighted by atomic mass is 35.5. The van der Waals surface area contributed by atoms with Gasteiger partial charge in [-0.1, -0.05) is 81.8 Å². The van der Waals surface area contributed by atoms with Gasteiger partial charge in [-0.25, -0.2) is 29.7 Å². The highest BCUT2D eigenvalue weighted by Gasteiger charge is 2.30. The highest BCUT2D eigenvalue weighted by Crippen LogP contribution is 2.29. The fourth-order valence-corrected chi connectivity index (χ4v) is 13.0. The number of nitrogens with one attached hydrogen (secondary N) is 7. The molecule has 0 bridgehead atoms. The number of amides is 5. The lowest BCUT2D eigenvalue weighted by Gasteiger charge is -2.33. The Kier molecular flexibility index (Phi) is 34.1. The molecule has 0 spiro atoms. The van der Waals surface area contributed by atoms with Gasteiger partial charge in [-0.3, -0.25) is 19.2 Å². The number of aromatic nitrogens is 20. The van der Waals surface area contributed by atoms with Crippen molar-refractivity contribution in [2.24, 2.45) is 34.4 Å². The minimum Gasteiger partial charge on any atom is -0.444 e. The normalized spacial score (nSPS) is 16.3. The quantitative estimate of drug-likeness (QED) is 0.0138. The highest BCUT2D eigenvalue weighted by molar-refractivity contribution is 6.45. The van der Waals surface area contributed by atoms with Gasteiger partial charge in [0, 0.05) is 83.8 Å². The van der Waals surface area contributed by atoms with Gasteiger partial charge in [-0.05, 0) is 162 Å². The molecule has 0 aliphatic heterocycles. The van der Waals surface area contributed by atoms with Gasteiger partial charge in [-0.15, -0.1) is 0 Å². The van der Waals surface area contributed by atoms with Gasteiger partial charge in [0.1, 0.15) is 44.9 Å². The maximum atomic E-state index is 12.0. The molecule has 122 heavy (non-hydrogen) atoms. The Hall–Kier alpha value is -13.5. The van der Waals surface area contributed by atoms with Gasteiger partial charge in [0.15, 0.2) is 0 Å². The third-order valence-electron chi connectivity index (χ3n) is 18.1. The number of nitrogen functional groups attached to an aromatic ring is 1. The van der Waals surface area contributed by atoms with Crippen LogP contribution < -0.4 is 77.3 Å². The molecule has 6 atom stereocenters. The SMILES string of the molecule is C.CB(O)N[C@H]1CCCC[C@H]1Nc1ncc(C(N)=O)c(Nc2cccc(-n3nccn3)c2)n1.CC(C)(C)OC(=O)N[C@@H]1CCCC[C@@H]1N.NC(=O)c1cnc(Cl)nc1Cl.NC(=O)c1cnc(Cl)nc1Nc1cccc(-n2nccn2)c1.NC(=O)c1cnc(N[C@@H]2CCCC[C@@H]2N)nc1Nc1cccc(-n2nccn2)c1.Nc1cccc(-n2nccn2)c1. The number of halogens is 3. The Morgan fingerprint density at radius 1 is 0.451 bits per heavy atom. The topological polar surface area (TPSA) is 607 Å². The van der Waals surface area contributed by atoms with Crippen molar-refractivity contribution in [3.63, 3.8) is 0 Å². The molecule has 3 saturated carbocycles. The average Bonchev–Trinajstić information content (AvgIpc) is 0.886. The number of carbonyl (C=O) groups excluding carboxylic acids is 5. The molecule has 22 N–H and O–H groups in total. The second-order valence-electron chi connectivity index (χ2n) is 28.4. The first-order valence-corrected chi connectivity index (χ1v) is 39.3. The van der Waals surface area contributed by atoms with Crippen LogP contribution in [-0.4, -0.2) is 183 Å². The van der Waals surface area contributed by atoms with Gasteiger partial charge in [0.2, 0.25) is 22.5 Å². The van der Waals surface area contributed by atoms with Crippen molar-refractivity contribution in [1.29, 1.82) is 0 Å². The molecule has 0 unspecified atom stereocenters. The van der Waals surface area contributed by atoms with E-state index in [0.717, 1.165) is 99.8 Å². The van der Waals surface area contributed by atoms with Gasteiger partial charge >= 0.3 is 13.1 Å². The third kappa shape index (κ3) is 28.3. The van der Waals surface area contributed by atoms with E-state index >= 15 is 0 Å². The van der Waals surface area contributed by atoms with Crippen LogP contribution >= 0.6 is 34.8 Å². The average molecular weight is 1730 g/mol. The number of nitrogens with two attached hydrogens (primary N) is 7. The number of anilines is 9. The number of primary amides is 4. The molecule has 12 aromatic rings. The minimum absolute atomic E-state index is 0. The summed E-state index contributed by atoms with van der Waals surface area (Å²) in [5.41, 5.74) is 45.1. The van der Waals surface area contributed by atoms with Crippen molar-refractivity contribution in [2.75, 3.05) is 32.3 Å². The molecule has 3 fully saturated rings. The third-order valence-corrected chi connectivity index (χ3v) is 18.8. The van der Waals surface area contributed by atoms with E-state index in [2.05, 4.69) is 118 Å². The molecule has 41 nitrogen and oxygen atoms in total. The number of hydrogen-bond acceptors (Lipinski definition) is 32. The van der Waals surface area contributed by atoms with Crippen LogP contribution in [0.1, 0.15) is 147 Å². The summed E-state index contributed by atoms with van der Waals surface area (Å²) in [5.74, 6) is -0.916. The van der Waals surface area contributed by atoms with Crippen molar-refractivity contribution >= 4 is 124 Å². The Labute approximate surface area is 716 Å². The summed E-state index contributed by atoms with van der Waals surface area (Å²) in [6.07, 6.45) is 30.2. The number of nitrogens with zero attached hydrogens (tertiary/aromatic N) is 20. The summed E-state index contributed by atoms with van der Waals surface area (Å²) in [7, 11) is -0.602. The Morgan fingerprint density at radius 3 is 1.16 bits per heavy atom. The molecular weight excluding hydrogens is 1630 g/mol. The van der Waals surface area contributed by atoms with E-state index < -0.39 is 36.3 Å². The lowest BCUT2D eigenvalue weighted by molar-refractivity contribution is 0.0485. The van der Waals surface area contributed by atoms with E-state index in [1.807, 2.05) is 106 Å².